The van der Waals surface area contributed by atoms with Crippen LogP contribution < -0.4 is 11.1 Å². The Kier molecular flexibility index (Phi) is 4.78. The topological polar surface area (TPSA) is 113 Å². The third-order valence-corrected chi connectivity index (χ3v) is 6.30. The number of piperidine rings is 2. The lowest BCUT2D eigenvalue weighted by molar-refractivity contribution is -0.136. The van der Waals surface area contributed by atoms with E-state index in [-0.39, 0.29) is 30.3 Å². The van der Waals surface area contributed by atoms with E-state index >= 15 is 0 Å². The van der Waals surface area contributed by atoms with Crippen molar-refractivity contribution in [1.82, 2.24) is 15.1 Å². The highest BCUT2D eigenvalue weighted by molar-refractivity contribution is 6.24. The molecule has 3 heterocycles. The number of amides is 4. The van der Waals surface area contributed by atoms with Gasteiger partial charge in [-0.3, -0.25) is 34.3 Å². The molecule has 1 aromatic rings. The van der Waals surface area contributed by atoms with E-state index in [1.54, 1.807) is 12.1 Å². The van der Waals surface area contributed by atoms with Crippen molar-refractivity contribution in [3.63, 3.8) is 0 Å². The lowest BCUT2D eigenvalue weighted by atomic mass is 9.86. The standard InChI is InChI=1S/C21H26N4O4/c1-21(2)10-13(22)8-9-24(21)11-12-4-3-5-14-17(12)20(29)25(19(14)28)15-6-7-16(26)23-18(15)27/h3-5,13,15H,6-11,22H2,1-2H3,(H,23,26,27). The molecule has 1 aromatic carbocycles. The first-order chi connectivity index (χ1) is 13.7. The van der Waals surface area contributed by atoms with Gasteiger partial charge in [0.15, 0.2) is 0 Å². The number of carbonyl (C=O) groups is 4. The molecule has 29 heavy (non-hydrogen) atoms. The first-order valence-electron chi connectivity index (χ1n) is 10.0. The summed E-state index contributed by atoms with van der Waals surface area (Å²) in [7, 11) is 0. The molecule has 0 saturated carbocycles. The third kappa shape index (κ3) is 3.36. The number of nitrogens with two attached hydrogens (primary N) is 1. The normalized spacial score (nSPS) is 27.2. The zero-order chi connectivity index (χ0) is 20.9. The van der Waals surface area contributed by atoms with Gasteiger partial charge >= 0.3 is 0 Å². The second-order valence-electron chi connectivity index (χ2n) is 8.77. The summed E-state index contributed by atoms with van der Waals surface area (Å²) in [6.45, 7) is 5.62. The first kappa shape index (κ1) is 19.7. The molecule has 0 aliphatic carbocycles. The second kappa shape index (κ2) is 7.03. The number of imide groups is 2. The molecule has 0 radical (unpaired) electrons. The molecule has 0 spiro atoms. The van der Waals surface area contributed by atoms with Crippen molar-refractivity contribution in [2.24, 2.45) is 5.73 Å². The highest BCUT2D eigenvalue weighted by Gasteiger charge is 2.46. The summed E-state index contributed by atoms with van der Waals surface area (Å²) in [5.41, 5.74) is 7.48. The van der Waals surface area contributed by atoms with E-state index in [0.29, 0.717) is 17.7 Å². The van der Waals surface area contributed by atoms with Gasteiger partial charge in [0.1, 0.15) is 6.04 Å². The highest BCUT2D eigenvalue weighted by atomic mass is 16.2. The number of rotatable bonds is 3. The van der Waals surface area contributed by atoms with Crippen LogP contribution in [-0.4, -0.2) is 57.6 Å². The highest BCUT2D eigenvalue weighted by Crippen LogP contribution is 2.33. The fraction of sp³-hybridized carbons (Fsp3) is 0.524. The van der Waals surface area contributed by atoms with Crippen molar-refractivity contribution in [3.8, 4) is 0 Å². The Morgan fingerprint density at radius 1 is 1.14 bits per heavy atom. The monoisotopic (exact) mass is 398 g/mol. The van der Waals surface area contributed by atoms with E-state index in [0.717, 1.165) is 29.8 Å². The van der Waals surface area contributed by atoms with Gasteiger partial charge in [-0.1, -0.05) is 12.1 Å². The van der Waals surface area contributed by atoms with Crippen molar-refractivity contribution in [3.05, 3.63) is 34.9 Å². The predicted molar refractivity (Wildman–Crippen MR) is 105 cm³/mol. The molecule has 4 rings (SSSR count). The minimum absolute atomic E-state index is 0.110. The van der Waals surface area contributed by atoms with E-state index < -0.39 is 23.8 Å². The molecule has 154 valence electrons. The molecular weight excluding hydrogens is 372 g/mol. The van der Waals surface area contributed by atoms with Gasteiger partial charge in [-0.15, -0.1) is 0 Å². The van der Waals surface area contributed by atoms with E-state index in [2.05, 4.69) is 24.1 Å². The summed E-state index contributed by atoms with van der Waals surface area (Å²) in [6.07, 6.45) is 2.01. The summed E-state index contributed by atoms with van der Waals surface area (Å²) in [5.74, 6) is -1.90. The Morgan fingerprint density at radius 2 is 1.90 bits per heavy atom. The zero-order valence-electron chi connectivity index (χ0n) is 16.7. The predicted octanol–water partition coefficient (Wildman–Crippen LogP) is 0.790. The Morgan fingerprint density at radius 3 is 2.59 bits per heavy atom. The Bertz CT molecular complexity index is 910. The fourth-order valence-corrected chi connectivity index (χ4v) is 4.71. The number of likely N-dealkylation sites (tertiary alicyclic amines) is 1. The molecule has 0 bridgehead atoms. The second-order valence-corrected chi connectivity index (χ2v) is 8.77. The molecular formula is C21H26N4O4. The van der Waals surface area contributed by atoms with Gasteiger partial charge in [0.25, 0.3) is 11.8 Å². The minimum atomic E-state index is -0.947. The first-order valence-corrected chi connectivity index (χ1v) is 10.0. The molecule has 3 N–H and O–H groups in total. The molecule has 4 amide bonds. The van der Waals surface area contributed by atoms with Crippen molar-refractivity contribution >= 4 is 23.6 Å². The average Bonchev–Trinajstić information content (AvgIpc) is 2.89. The van der Waals surface area contributed by atoms with Gasteiger partial charge in [0.05, 0.1) is 11.1 Å². The number of carbonyl (C=O) groups excluding carboxylic acids is 4. The number of fused-ring (bicyclic) bond motifs is 1. The number of nitrogens with zero attached hydrogens (tertiary/aromatic N) is 2. The Labute approximate surface area is 169 Å². The van der Waals surface area contributed by atoms with E-state index in [1.165, 1.54) is 0 Å². The van der Waals surface area contributed by atoms with Crippen LogP contribution in [0.4, 0.5) is 0 Å². The van der Waals surface area contributed by atoms with Crippen molar-refractivity contribution in [1.29, 1.82) is 0 Å². The largest absolute Gasteiger partial charge is 0.328 e. The third-order valence-electron chi connectivity index (χ3n) is 6.30. The minimum Gasteiger partial charge on any atom is -0.328 e. The summed E-state index contributed by atoms with van der Waals surface area (Å²) >= 11 is 0. The zero-order valence-corrected chi connectivity index (χ0v) is 16.7. The summed E-state index contributed by atoms with van der Waals surface area (Å²) in [4.78, 5) is 53.2. The van der Waals surface area contributed by atoms with Crippen LogP contribution in [0.15, 0.2) is 18.2 Å². The van der Waals surface area contributed by atoms with Crippen LogP contribution in [0.1, 0.15) is 65.8 Å². The van der Waals surface area contributed by atoms with Crippen LogP contribution in [0.5, 0.6) is 0 Å². The maximum Gasteiger partial charge on any atom is 0.262 e. The summed E-state index contributed by atoms with van der Waals surface area (Å²) in [6, 6.07) is 4.48. The maximum absolute atomic E-state index is 13.2. The van der Waals surface area contributed by atoms with Gasteiger partial charge in [0.2, 0.25) is 11.8 Å². The van der Waals surface area contributed by atoms with Crippen LogP contribution in [0.3, 0.4) is 0 Å². The SMILES string of the molecule is CC1(C)CC(N)CCN1Cc1cccc2c1C(=O)N(C1CCC(=O)NC1=O)C2=O. The van der Waals surface area contributed by atoms with Crippen LogP contribution in [-0.2, 0) is 16.1 Å². The molecule has 2 unspecified atom stereocenters. The molecule has 2 saturated heterocycles. The molecule has 8 nitrogen and oxygen atoms in total. The van der Waals surface area contributed by atoms with Gasteiger partial charge in [0, 0.05) is 31.1 Å². The number of nitrogens with one attached hydrogen (secondary N) is 1. The quantitative estimate of drug-likeness (QED) is 0.728. The van der Waals surface area contributed by atoms with Gasteiger partial charge < -0.3 is 5.73 Å². The molecule has 3 aliphatic rings. The van der Waals surface area contributed by atoms with Crippen molar-refractivity contribution in [2.75, 3.05) is 6.54 Å². The molecule has 2 fully saturated rings. The van der Waals surface area contributed by atoms with Crippen molar-refractivity contribution < 1.29 is 19.2 Å². The number of benzene rings is 1. The molecule has 8 heteroatoms. The lowest BCUT2D eigenvalue weighted by Crippen LogP contribution is -2.54. The van der Waals surface area contributed by atoms with E-state index in [1.807, 2.05) is 6.07 Å². The van der Waals surface area contributed by atoms with Gasteiger partial charge in [-0.05, 0) is 44.7 Å². The van der Waals surface area contributed by atoms with Gasteiger partial charge in [-0.25, -0.2) is 0 Å². The van der Waals surface area contributed by atoms with Crippen LogP contribution in [0, 0.1) is 0 Å². The summed E-state index contributed by atoms with van der Waals surface area (Å²) < 4.78 is 0. The number of hydrogen-bond donors (Lipinski definition) is 2. The molecule has 2 atom stereocenters. The van der Waals surface area contributed by atoms with Crippen LogP contribution >= 0.6 is 0 Å². The van der Waals surface area contributed by atoms with E-state index in [9.17, 15) is 19.2 Å². The lowest BCUT2D eigenvalue weighted by Gasteiger charge is -2.45. The average molecular weight is 398 g/mol. The van der Waals surface area contributed by atoms with Crippen LogP contribution in [0.2, 0.25) is 0 Å². The molecule has 0 aromatic heterocycles. The number of hydrogen-bond acceptors (Lipinski definition) is 6. The van der Waals surface area contributed by atoms with Crippen LogP contribution in [0.25, 0.3) is 0 Å². The van der Waals surface area contributed by atoms with Crippen molar-refractivity contribution in [2.45, 2.75) is 63.7 Å². The maximum atomic E-state index is 13.2. The fourth-order valence-electron chi connectivity index (χ4n) is 4.71. The smallest absolute Gasteiger partial charge is 0.262 e. The molecule has 3 aliphatic heterocycles. The Hall–Kier alpha value is -2.58. The van der Waals surface area contributed by atoms with Gasteiger partial charge in [-0.2, -0.15) is 0 Å². The van der Waals surface area contributed by atoms with E-state index in [4.69, 9.17) is 5.73 Å². The Balaban J connectivity index is 1.63. The summed E-state index contributed by atoms with van der Waals surface area (Å²) in [5, 5.41) is 2.23.